The highest BCUT2D eigenvalue weighted by Gasteiger charge is 2.10. The minimum absolute atomic E-state index is 0.851. The van der Waals surface area contributed by atoms with Crippen LogP contribution in [0.2, 0.25) is 0 Å². The molecule has 0 radical (unpaired) electrons. The van der Waals surface area contributed by atoms with Gasteiger partial charge in [-0.3, -0.25) is 0 Å². The lowest BCUT2D eigenvalue weighted by molar-refractivity contribution is -0.458. The van der Waals surface area contributed by atoms with Crippen molar-refractivity contribution in [2.45, 2.75) is 0 Å². The van der Waals surface area contributed by atoms with Crippen LogP contribution in [0.4, 0.5) is 0 Å². The Morgan fingerprint density at radius 3 is 2.94 bits per heavy atom. The van der Waals surface area contributed by atoms with Crippen molar-refractivity contribution in [3.05, 3.63) is 30.5 Å². The Hall–Kier alpha value is -2.17. The molecule has 5 nitrogen and oxygen atoms in total. The molecule has 17 heavy (non-hydrogen) atoms. The number of nitrogens with zero attached hydrogens (tertiary/aromatic N) is 3. The Kier molecular flexibility index (Phi) is 3.18. The van der Waals surface area contributed by atoms with Crippen LogP contribution in [0.15, 0.2) is 24.8 Å². The molecule has 0 aliphatic heterocycles. The van der Waals surface area contributed by atoms with Gasteiger partial charge in [-0.2, -0.15) is 0 Å². The van der Waals surface area contributed by atoms with E-state index < -0.39 is 0 Å². The topological polar surface area (TPSA) is 56.6 Å². The molecule has 0 saturated carbocycles. The van der Waals surface area contributed by atoms with E-state index in [1.807, 2.05) is 50.4 Å². The third-order valence-electron chi connectivity index (χ3n) is 2.32. The molecule has 0 amide bonds. The first kappa shape index (κ1) is 11.3. The van der Waals surface area contributed by atoms with Gasteiger partial charge in [0.2, 0.25) is 0 Å². The van der Waals surface area contributed by atoms with Gasteiger partial charge in [0, 0.05) is 24.8 Å². The van der Waals surface area contributed by atoms with Gasteiger partial charge >= 0.3 is 0 Å². The van der Waals surface area contributed by atoms with Gasteiger partial charge in [0.1, 0.15) is 26.1 Å². The molecule has 2 aromatic heterocycles. The third-order valence-corrected chi connectivity index (χ3v) is 2.32. The number of allylic oxidation sites excluding steroid dienone is 1. The molecule has 0 fully saturated rings. The monoisotopic (exact) mass is 230 g/mol. The van der Waals surface area contributed by atoms with Gasteiger partial charge in [0.15, 0.2) is 6.21 Å². The maximum absolute atomic E-state index is 4.35. The van der Waals surface area contributed by atoms with Crippen LogP contribution >= 0.6 is 0 Å². The summed E-state index contributed by atoms with van der Waals surface area (Å²) in [6.45, 7) is 0. The fraction of sp³-hybridized carbons (Fsp3) is 0.250. The van der Waals surface area contributed by atoms with Gasteiger partial charge in [-0.05, 0) is 6.07 Å². The second kappa shape index (κ2) is 4.78. The van der Waals surface area contributed by atoms with Gasteiger partial charge in [0.05, 0.1) is 11.3 Å². The highest BCUT2D eigenvalue weighted by atomic mass is 14.9. The minimum Gasteiger partial charge on any atom is -0.393 e. The molecular weight excluding hydrogens is 214 g/mol. The van der Waals surface area contributed by atoms with Gasteiger partial charge in [-0.1, -0.05) is 0 Å². The second-order valence-electron chi connectivity index (χ2n) is 3.94. The van der Waals surface area contributed by atoms with Crippen LogP contribution < -0.4 is 5.32 Å². The second-order valence-corrected chi connectivity index (χ2v) is 3.94. The zero-order chi connectivity index (χ0) is 12.3. The van der Waals surface area contributed by atoms with E-state index in [1.54, 1.807) is 6.33 Å². The quantitative estimate of drug-likeness (QED) is 0.607. The van der Waals surface area contributed by atoms with Crippen LogP contribution in [0.1, 0.15) is 5.69 Å². The van der Waals surface area contributed by atoms with Crippen LogP contribution in [-0.4, -0.2) is 46.9 Å². The van der Waals surface area contributed by atoms with Crippen LogP contribution in [0.5, 0.6) is 0 Å². The van der Waals surface area contributed by atoms with E-state index >= 15 is 0 Å². The van der Waals surface area contributed by atoms with Crippen molar-refractivity contribution in [3.63, 3.8) is 0 Å². The summed E-state index contributed by atoms with van der Waals surface area (Å²) in [6.07, 6.45) is 7.39. The molecule has 2 aromatic rings. The molecule has 2 rings (SSSR count). The summed E-state index contributed by atoms with van der Waals surface area (Å²) >= 11 is 0. The molecule has 5 heteroatoms. The number of H-pyrrole nitrogens is 1. The van der Waals surface area contributed by atoms with E-state index in [1.165, 1.54) is 0 Å². The van der Waals surface area contributed by atoms with Crippen molar-refractivity contribution < 1.29 is 4.58 Å². The summed E-state index contributed by atoms with van der Waals surface area (Å²) in [6, 6.07) is 1.98. The van der Waals surface area contributed by atoms with Crippen molar-refractivity contribution >= 4 is 22.8 Å². The molecule has 0 aromatic carbocycles. The number of hydrogen-bond acceptors (Lipinski definition) is 3. The first-order chi connectivity index (χ1) is 8.22. The smallest absolute Gasteiger partial charge is 0.173 e. The molecule has 0 atom stereocenters. The lowest BCUT2D eigenvalue weighted by Crippen LogP contribution is -2.06. The van der Waals surface area contributed by atoms with Gasteiger partial charge in [-0.25, -0.2) is 14.5 Å². The highest BCUT2D eigenvalue weighted by molar-refractivity contribution is 6.11. The molecule has 0 aliphatic rings. The van der Waals surface area contributed by atoms with E-state index in [0.717, 1.165) is 22.3 Å². The van der Waals surface area contributed by atoms with Gasteiger partial charge < -0.3 is 10.3 Å². The number of aromatic nitrogens is 3. The van der Waals surface area contributed by atoms with Crippen molar-refractivity contribution in [2.24, 2.45) is 0 Å². The molecule has 0 saturated heterocycles. The summed E-state index contributed by atoms with van der Waals surface area (Å²) < 4.78 is 1.99. The first-order valence-electron chi connectivity index (χ1n) is 5.39. The van der Waals surface area contributed by atoms with E-state index in [2.05, 4.69) is 20.3 Å². The molecule has 0 unspecified atom stereocenters. The summed E-state index contributed by atoms with van der Waals surface area (Å²) in [5, 5.41) is 4.06. The maximum Gasteiger partial charge on any atom is 0.173 e. The number of fused-ring (bicyclic) bond motifs is 1. The highest BCUT2D eigenvalue weighted by Crippen LogP contribution is 2.18. The average molecular weight is 230 g/mol. The largest absolute Gasteiger partial charge is 0.393 e. The van der Waals surface area contributed by atoms with E-state index in [-0.39, 0.29) is 0 Å². The molecule has 2 heterocycles. The van der Waals surface area contributed by atoms with Gasteiger partial charge in [-0.15, -0.1) is 0 Å². The molecule has 0 bridgehead atoms. The van der Waals surface area contributed by atoms with Crippen LogP contribution in [0.25, 0.3) is 16.6 Å². The van der Waals surface area contributed by atoms with E-state index in [0.29, 0.717) is 0 Å². The SMILES string of the molecule is CN/C=C(/C=[N+](C)C)c1ncnc2[nH]ccc12. The molecule has 2 N–H and O–H groups in total. The number of rotatable bonds is 3. The predicted octanol–water partition coefficient (Wildman–Crippen LogP) is 0.861. The van der Waals surface area contributed by atoms with Crippen LogP contribution in [0, 0.1) is 0 Å². The number of aromatic amines is 1. The van der Waals surface area contributed by atoms with Crippen molar-refractivity contribution in [2.75, 3.05) is 21.1 Å². The van der Waals surface area contributed by atoms with Crippen molar-refractivity contribution in [1.29, 1.82) is 0 Å². The molecule has 0 aliphatic carbocycles. The van der Waals surface area contributed by atoms with Gasteiger partial charge in [0.25, 0.3) is 0 Å². The zero-order valence-corrected chi connectivity index (χ0v) is 10.2. The first-order valence-corrected chi connectivity index (χ1v) is 5.39. The third kappa shape index (κ3) is 2.33. The predicted molar refractivity (Wildman–Crippen MR) is 69.1 cm³/mol. The summed E-state index contributed by atoms with van der Waals surface area (Å²) in [7, 11) is 5.84. The number of hydrogen-bond donors (Lipinski definition) is 2. The lowest BCUT2D eigenvalue weighted by Gasteiger charge is -2.01. The van der Waals surface area contributed by atoms with E-state index in [9.17, 15) is 0 Å². The fourth-order valence-electron chi connectivity index (χ4n) is 1.70. The number of nitrogens with one attached hydrogen (secondary N) is 2. The Bertz CT molecular complexity index is 575. The summed E-state index contributed by atoms with van der Waals surface area (Å²) in [4.78, 5) is 11.6. The Morgan fingerprint density at radius 1 is 1.41 bits per heavy atom. The van der Waals surface area contributed by atoms with Crippen molar-refractivity contribution in [1.82, 2.24) is 20.3 Å². The van der Waals surface area contributed by atoms with E-state index in [4.69, 9.17) is 0 Å². The Morgan fingerprint density at radius 2 is 2.24 bits per heavy atom. The zero-order valence-electron chi connectivity index (χ0n) is 10.2. The van der Waals surface area contributed by atoms with Crippen LogP contribution in [-0.2, 0) is 0 Å². The van der Waals surface area contributed by atoms with Crippen LogP contribution in [0.3, 0.4) is 0 Å². The molecular formula is C12H16N5+. The molecule has 0 spiro atoms. The Balaban J connectivity index is 2.60. The average Bonchev–Trinajstić information content (AvgIpc) is 2.75. The maximum atomic E-state index is 4.35. The molecule has 88 valence electrons. The summed E-state index contributed by atoms with van der Waals surface area (Å²) in [5.41, 5.74) is 2.79. The Labute approximate surface area is 99.9 Å². The summed E-state index contributed by atoms with van der Waals surface area (Å²) in [5.74, 6) is 0. The minimum atomic E-state index is 0.851. The van der Waals surface area contributed by atoms with Crippen molar-refractivity contribution in [3.8, 4) is 0 Å². The standard InChI is InChI=1S/C12H15N5/c1-13-6-9(7-17(2)3)11-10-4-5-14-12(10)16-8-15-11/h4-8H,1-3H3,(H,14,15,16)/p+1. The normalized spacial score (nSPS) is 11.6. The lowest BCUT2D eigenvalue weighted by atomic mass is 10.1. The fourth-order valence-corrected chi connectivity index (χ4v) is 1.70.